The minimum absolute atomic E-state index is 0.175. The first-order valence-electron chi connectivity index (χ1n) is 8.44. The van der Waals surface area contributed by atoms with Crippen molar-refractivity contribution < 1.29 is 19.1 Å². The second-order valence-electron chi connectivity index (χ2n) is 5.86. The summed E-state index contributed by atoms with van der Waals surface area (Å²) >= 11 is 1.35. The summed E-state index contributed by atoms with van der Waals surface area (Å²) in [6, 6.07) is 7.31. The molecule has 0 saturated heterocycles. The number of methoxy groups -OCH3 is 1. The van der Waals surface area contributed by atoms with Gasteiger partial charge in [-0.05, 0) is 44.0 Å². The van der Waals surface area contributed by atoms with Crippen molar-refractivity contribution in [1.29, 1.82) is 0 Å². The Bertz CT molecular complexity index is 771. The number of hydrogen-bond donors (Lipinski definition) is 1. The molecule has 0 aliphatic heterocycles. The van der Waals surface area contributed by atoms with Crippen LogP contribution in [0.15, 0.2) is 29.6 Å². The number of thiazole rings is 1. The van der Waals surface area contributed by atoms with Crippen LogP contribution in [0.3, 0.4) is 0 Å². The lowest BCUT2D eigenvalue weighted by atomic mass is 10.3. The van der Waals surface area contributed by atoms with E-state index in [9.17, 15) is 9.59 Å². The summed E-state index contributed by atoms with van der Waals surface area (Å²) in [6.45, 7) is 2.89. The van der Waals surface area contributed by atoms with E-state index in [2.05, 4.69) is 15.0 Å². The predicted octanol–water partition coefficient (Wildman–Crippen LogP) is 3.52. The number of carbonyl (C=O) groups excluding carboxylic acids is 2. The number of ether oxygens (including phenoxy) is 2. The molecule has 26 heavy (non-hydrogen) atoms. The van der Waals surface area contributed by atoms with Gasteiger partial charge < -0.3 is 19.7 Å². The maximum Gasteiger partial charge on any atom is 0.357 e. The Hall–Kier alpha value is -2.61. The highest BCUT2D eigenvalue weighted by Gasteiger charge is 2.33. The molecule has 7 nitrogen and oxygen atoms in total. The first-order chi connectivity index (χ1) is 12.6. The average molecular weight is 375 g/mol. The summed E-state index contributed by atoms with van der Waals surface area (Å²) in [5, 5.41) is 5.27. The topological polar surface area (TPSA) is 80.8 Å². The fourth-order valence-corrected chi connectivity index (χ4v) is 3.24. The van der Waals surface area contributed by atoms with E-state index in [1.165, 1.54) is 18.4 Å². The van der Waals surface area contributed by atoms with Crippen LogP contribution in [0.25, 0.3) is 0 Å². The molecule has 1 aromatic carbocycles. The number of aromatic nitrogens is 1. The van der Waals surface area contributed by atoms with E-state index in [0.29, 0.717) is 23.8 Å². The van der Waals surface area contributed by atoms with Crippen LogP contribution in [0.2, 0.25) is 0 Å². The quantitative estimate of drug-likeness (QED) is 0.749. The largest absolute Gasteiger partial charge is 0.494 e. The number of carbonyl (C=O) groups is 2. The molecule has 1 aliphatic carbocycles. The monoisotopic (exact) mass is 375 g/mol. The Morgan fingerprint density at radius 1 is 1.31 bits per heavy atom. The van der Waals surface area contributed by atoms with Crippen LogP contribution >= 0.6 is 11.3 Å². The van der Waals surface area contributed by atoms with E-state index in [1.807, 2.05) is 31.2 Å². The second-order valence-corrected chi connectivity index (χ2v) is 6.81. The minimum atomic E-state index is -0.468. The zero-order valence-corrected chi connectivity index (χ0v) is 15.5. The van der Waals surface area contributed by atoms with Crippen LogP contribution in [-0.4, -0.2) is 41.6 Å². The number of nitrogens with zero attached hydrogens (tertiary/aromatic N) is 2. The SMILES string of the molecule is CCOc1ccc(NC(=O)N(Cc2nc(C(=O)OC)cs2)C2CC2)cc1. The number of urea groups is 1. The molecule has 1 N–H and O–H groups in total. The number of rotatable bonds is 7. The summed E-state index contributed by atoms with van der Waals surface area (Å²) in [7, 11) is 1.32. The highest BCUT2D eigenvalue weighted by atomic mass is 32.1. The third kappa shape index (κ3) is 4.51. The maximum absolute atomic E-state index is 12.7. The Morgan fingerprint density at radius 3 is 2.65 bits per heavy atom. The first-order valence-corrected chi connectivity index (χ1v) is 9.32. The molecule has 2 aromatic rings. The molecule has 0 unspecified atom stereocenters. The standard InChI is InChI=1S/C18H21N3O4S/c1-3-25-14-8-4-12(5-9-14)19-18(23)21(13-6-7-13)10-16-20-15(11-26-16)17(22)24-2/h4-5,8-9,11,13H,3,6-7,10H2,1-2H3,(H,19,23). The second kappa shape index (κ2) is 8.18. The number of amides is 2. The van der Waals surface area contributed by atoms with Crippen molar-refractivity contribution in [3.8, 4) is 5.75 Å². The van der Waals surface area contributed by atoms with Crippen LogP contribution in [0, 0.1) is 0 Å². The fraction of sp³-hybridized carbons (Fsp3) is 0.389. The van der Waals surface area contributed by atoms with Crippen LogP contribution in [0.4, 0.5) is 10.5 Å². The third-order valence-corrected chi connectivity index (χ3v) is 4.75. The molecule has 8 heteroatoms. The summed E-state index contributed by atoms with van der Waals surface area (Å²) in [6.07, 6.45) is 1.96. The number of benzene rings is 1. The zero-order chi connectivity index (χ0) is 18.5. The molecule has 0 atom stereocenters. The molecule has 0 spiro atoms. The Kier molecular flexibility index (Phi) is 5.72. The molecule has 1 fully saturated rings. The maximum atomic E-state index is 12.7. The van der Waals surface area contributed by atoms with Gasteiger partial charge in [0, 0.05) is 17.1 Å². The number of hydrogen-bond acceptors (Lipinski definition) is 6. The highest BCUT2D eigenvalue weighted by Crippen LogP contribution is 2.30. The van der Waals surface area contributed by atoms with Gasteiger partial charge in [0.15, 0.2) is 5.69 Å². The number of nitrogens with one attached hydrogen (secondary N) is 1. The normalized spacial score (nSPS) is 13.2. The van der Waals surface area contributed by atoms with E-state index in [4.69, 9.17) is 4.74 Å². The van der Waals surface area contributed by atoms with Gasteiger partial charge in [-0.15, -0.1) is 11.3 Å². The van der Waals surface area contributed by atoms with Gasteiger partial charge in [0.2, 0.25) is 0 Å². The molecule has 1 aromatic heterocycles. The molecule has 1 aliphatic rings. The van der Waals surface area contributed by atoms with Crippen LogP contribution < -0.4 is 10.1 Å². The van der Waals surface area contributed by atoms with E-state index in [0.717, 1.165) is 18.6 Å². The van der Waals surface area contributed by atoms with E-state index >= 15 is 0 Å². The van der Waals surface area contributed by atoms with Gasteiger partial charge in [0.25, 0.3) is 0 Å². The molecule has 0 radical (unpaired) electrons. The van der Waals surface area contributed by atoms with Crippen molar-refractivity contribution in [2.45, 2.75) is 32.4 Å². The molecule has 3 rings (SSSR count). The van der Waals surface area contributed by atoms with Crippen molar-refractivity contribution in [2.75, 3.05) is 19.0 Å². The molecule has 0 bridgehead atoms. The zero-order valence-electron chi connectivity index (χ0n) is 14.7. The van der Waals surface area contributed by atoms with E-state index in [-0.39, 0.29) is 17.8 Å². The average Bonchev–Trinajstić information content (AvgIpc) is 3.38. The molecule has 138 valence electrons. The lowest BCUT2D eigenvalue weighted by Gasteiger charge is -2.21. The molecular weight excluding hydrogens is 354 g/mol. The predicted molar refractivity (Wildman–Crippen MR) is 98.6 cm³/mol. The van der Waals surface area contributed by atoms with Gasteiger partial charge in [0.05, 0.1) is 20.3 Å². The summed E-state index contributed by atoms with van der Waals surface area (Å²) in [5.41, 5.74) is 0.980. The van der Waals surface area contributed by atoms with E-state index < -0.39 is 5.97 Å². The van der Waals surface area contributed by atoms with Crippen molar-refractivity contribution in [1.82, 2.24) is 9.88 Å². The highest BCUT2D eigenvalue weighted by molar-refractivity contribution is 7.09. The Balaban J connectivity index is 1.64. The van der Waals surface area contributed by atoms with Crippen molar-refractivity contribution in [3.63, 3.8) is 0 Å². The molecule has 1 saturated carbocycles. The lowest BCUT2D eigenvalue weighted by Crippen LogP contribution is -2.36. The van der Waals surface area contributed by atoms with Crippen molar-refractivity contribution in [3.05, 3.63) is 40.3 Å². The smallest absolute Gasteiger partial charge is 0.357 e. The number of anilines is 1. The van der Waals surface area contributed by atoms with Crippen molar-refractivity contribution >= 4 is 29.0 Å². The third-order valence-electron chi connectivity index (χ3n) is 3.92. The van der Waals surface area contributed by atoms with Gasteiger partial charge in [-0.2, -0.15) is 0 Å². The Morgan fingerprint density at radius 2 is 2.04 bits per heavy atom. The minimum Gasteiger partial charge on any atom is -0.494 e. The summed E-state index contributed by atoms with van der Waals surface area (Å²) in [5.74, 6) is 0.298. The van der Waals surface area contributed by atoms with Crippen LogP contribution in [0.1, 0.15) is 35.3 Å². The van der Waals surface area contributed by atoms with Crippen LogP contribution in [0.5, 0.6) is 5.75 Å². The lowest BCUT2D eigenvalue weighted by molar-refractivity contribution is 0.0594. The molecule has 1 heterocycles. The van der Waals surface area contributed by atoms with E-state index in [1.54, 1.807) is 10.3 Å². The summed E-state index contributed by atoms with van der Waals surface area (Å²) in [4.78, 5) is 30.2. The Labute approximate surface area is 155 Å². The van der Waals surface area contributed by atoms with Crippen molar-refractivity contribution in [2.24, 2.45) is 0 Å². The molecule has 2 amide bonds. The molecular formula is C18H21N3O4S. The van der Waals surface area contributed by atoms with Crippen LogP contribution in [-0.2, 0) is 11.3 Å². The summed E-state index contributed by atoms with van der Waals surface area (Å²) < 4.78 is 10.1. The van der Waals surface area contributed by atoms with Gasteiger partial charge in [-0.3, -0.25) is 0 Å². The number of esters is 1. The van der Waals surface area contributed by atoms with Gasteiger partial charge >= 0.3 is 12.0 Å². The first kappa shape index (κ1) is 18.2. The van der Waals surface area contributed by atoms with Gasteiger partial charge in [-0.25, -0.2) is 14.6 Å². The fourth-order valence-electron chi connectivity index (χ4n) is 2.48. The van der Waals surface area contributed by atoms with Gasteiger partial charge in [-0.1, -0.05) is 0 Å². The van der Waals surface area contributed by atoms with Gasteiger partial charge in [0.1, 0.15) is 10.8 Å².